The average molecular weight is 1320 g/mol. The molecule has 4 nitrogen and oxygen atoms in total. The lowest BCUT2D eigenvalue weighted by atomic mass is 9.71. The van der Waals surface area contributed by atoms with Crippen molar-refractivity contribution in [1.82, 2.24) is 0 Å². The molecule has 0 aromatic heterocycles. The maximum Gasteiger partial charge on any atom is 0.286 e. The van der Waals surface area contributed by atoms with Gasteiger partial charge in [-0.05, 0) is 187 Å². The molecule has 3 aliphatic heterocycles. The van der Waals surface area contributed by atoms with Crippen LogP contribution in [0, 0.1) is 16.7 Å². The molecule has 0 radical (unpaired) electrons. The number of nitrogens with zero attached hydrogens (tertiary/aromatic N) is 4. The summed E-state index contributed by atoms with van der Waals surface area (Å²) in [5, 5.41) is 13.3. The molecular weight excluding hydrogens is 1250 g/mol. The molecule has 0 unspecified atom stereocenters. The Kier molecular flexibility index (Phi) is 14.2. The fraction of sp³-hybridized carbons (Fsp3) is 0.151. The van der Waals surface area contributed by atoms with Crippen LogP contribution in [-0.4, -0.2) is 0 Å². The van der Waals surface area contributed by atoms with Crippen LogP contribution in [0.2, 0.25) is 0 Å². The molecule has 0 N–H and O–H groups in total. The highest BCUT2D eigenvalue weighted by Gasteiger charge is 2.74. The van der Waals surface area contributed by atoms with Gasteiger partial charge in [0.2, 0.25) is 0 Å². The van der Waals surface area contributed by atoms with Crippen LogP contribution in [0.1, 0.15) is 105 Å². The summed E-state index contributed by atoms with van der Waals surface area (Å²) in [6.45, 7) is 14.9. The van der Waals surface area contributed by atoms with Gasteiger partial charge >= 0.3 is 0 Å². The van der Waals surface area contributed by atoms with Crippen LogP contribution in [0.4, 0.5) is 68.7 Å². The van der Waals surface area contributed by atoms with Gasteiger partial charge in [0.15, 0.2) is 0 Å². The van der Waals surface area contributed by atoms with E-state index in [1.807, 2.05) is 240 Å². The van der Waals surface area contributed by atoms with Crippen LogP contribution < -0.4 is 14.7 Å². The Labute approximate surface area is 588 Å². The van der Waals surface area contributed by atoms with Crippen LogP contribution in [0.5, 0.6) is 0 Å². The number of hydrogen-bond donors (Lipinski definition) is 0. The Hall–Kier alpha value is -11.5. The Bertz CT molecular complexity index is 5270. The molecule has 4 aliphatic rings. The van der Waals surface area contributed by atoms with Gasteiger partial charge in [-0.3, -0.25) is 0 Å². The van der Waals surface area contributed by atoms with Gasteiger partial charge < -0.3 is 14.7 Å². The quantitative estimate of drug-likeness (QED) is 0.135. The standard InChI is InChI=1S/C93H72F4N4/c1-88(2)71-51-64(58-27-15-9-16-28-58)39-45-77(71)99(78-46-40-65(52-72(78)88)59-29-17-10-18-30-59)85-70(57-98)86(100-79-47-41-66(60-31-19-11-20-32-60)53-73(79)89(3,4)74-54-67(42-48-80(74)100)61-33-21-12-22-34-61)87(84-83(85)92(94,95)91(7,8)93(84,96)97)101-81-49-43-68(62-35-23-13-24-36-62)55-75(81)90(5,6)76-56-69(44-50-82(76)101)63-37-25-14-26-38-63/h9-56H,1-8H3. The summed E-state index contributed by atoms with van der Waals surface area (Å²) < 4.78 is 80.1. The van der Waals surface area contributed by atoms with Crippen molar-refractivity contribution in [2.45, 2.75) is 83.5 Å². The Morgan fingerprint density at radius 3 is 0.663 bits per heavy atom. The zero-order valence-electron chi connectivity index (χ0n) is 57.5. The highest BCUT2D eigenvalue weighted by atomic mass is 19.3. The summed E-state index contributed by atoms with van der Waals surface area (Å²) in [5.74, 6) is -8.66. The van der Waals surface area contributed by atoms with Gasteiger partial charge in [-0.15, -0.1) is 0 Å². The molecule has 1 aliphatic carbocycles. The predicted octanol–water partition coefficient (Wildman–Crippen LogP) is 26.1. The van der Waals surface area contributed by atoms with Crippen molar-refractivity contribution >= 4 is 51.2 Å². The Morgan fingerprint density at radius 2 is 0.446 bits per heavy atom. The summed E-state index contributed by atoms with van der Waals surface area (Å²) in [4.78, 5) is 5.57. The fourth-order valence-electron chi connectivity index (χ4n) is 16.7. The number of nitriles is 1. The number of alkyl halides is 4. The molecule has 17 rings (SSSR count). The lowest BCUT2D eigenvalue weighted by Gasteiger charge is -2.48. The van der Waals surface area contributed by atoms with Crippen LogP contribution in [-0.2, 0) is 28.1 Å². The van der Waals surface area contributed by atoms with Crippen molar-refractivity contribution in [1.29, 1.82) is 5.26 Å². The molecule has 0 atom stereocenters. The lowest BCUT2D eigenvalue weighted by molar-refractivity contribution is -0.212. The molecule has 0 spiro atoms. The normalized spacial score (nSPS) is 16.3. The Balaban J connectivity index is 1.08. The van der Waals surface area contributed by atoms with Gasteiger partial charge in [0.1, 0.15) is 17.0 Å². The van der Waals surface area contributed by atoms with Crippen LogP contribution in [0.15, 0.2) is 291 Å². The van der Waals surface area contributed by atoms with E-state index in [0.717, 1.165) is 114 Å². The van der Waals surface area contributed by atoms with Gasteiger partial charge in [-0.2, -0.15) is 5.26 Å². The minimum absolute atomic E-state index is 0.0259. The zero-order valence-corrected chi connectivity index (χ0v) is 57.5. The minimum atomic E-state index is -4.33. The third-order valence-corrected chi connectivity index (χ3v) is 22.5. The molecule has 0 saturated carbocycles. The monoisotopic (exact) mass is 1320 g/mol. The number of hydrogen-bond acceptors (Lipinski definition) is 4. The molecule has 0 amide bonds. The molecule has 0 fully saturated rings. The molecule has 13 aromatic carbocycles. The van der Waals surface area contributed by atoms with E-state index in [1.54, 1.807) is 4.90 Å². The van der Waals surface area contributed by atoms with E-state index in [4.69, 9.17) is 0 Å². The van der Waals surface area contributed by atoms with Gasteiger partial charge in [0, 0.05) is 16.2 Å². The van der Waals surface area contributed by atoms with Crippen LogP contribution in [0.25, 0.3) is 66.8 Å². The predicted molar refractivity (Wildman–Crippen MR) is 406 cm³/mol. The highest BCUT2D eigenvalue weighted by molar-refractivity contribution is 6.07. The van der Waals surface area contributed by atoms with E-state index in [1.165, 1.54) is 0 Å². The second-order valence-electron chi connectivity index (χ2n) is 29.5. The van der Waals surface area contributed by atoms with E-state index >= 15 is 17.6 Å². The molecule has 8 heteroatoms. The SMILES string of the molecule is CC1(C)c2cc(-c3ccccc3)ccc2N(c2c(C#N)c(N3c4ccc(-c5ccccc5)cc4C(C)(C)c4cc(-c5ccccc5)ccc43)c3c(c2N2c4ccc(-c5ccccc5)cc4C(C)(C)c4cc(-c5ccccc5)ccc42)C(F)(F)C(C)(C)C3(F)F)c2ccc(-c3ccccc3)cc21. The summed E-state index contributed by atoms with van der Waals surface area (Å²) in [7, 11) is 0. The van der Waals surface area contributed by atoms with Crippen molar-refractivity contribution in [3.63, 3.8) is 0 Å². The van der Waals surface area contributed by atoms with E-state index in [9.17, 15) is 5.26 Å². The summed E-state index contributed by atoms with van der Waals surface area (Å²) >= 11 is 0. The molecule has 0 bridgehead atoms. The molecule has 0 saturated heterocycles. The van der Waals surface area contributed by atoms with Crippen molar-refractivity contribution in [3.8, 4) is 72.8 Å². The van der Waals surface area contributed by atoms with Crippen LogP contribution in [0.3, 0.4) is 0 Å². The second-order valence-corrected chi connectivity index (χ2v) is 29.5. The fourth-order valence-corrected chi connectivity index (χ4v) is 16.7. The topological polar surface area (TPSA) is 33.5 Å². The number of halogens is 4. The number of fused-ring (bicyclic) bond motifs is 7. The van der Waals surface area contributed by atoms with Gasteiger partial charge in [-0.25, -0.2) is 17.6 Å². The van der Waals surface area contributed by atoms with E-state index in [-0.39, 0.29) is 22.6 Å². The zero-order chi connectivity index (χ0) is 69.7. The maximum absolute atomic E-state index is 20.2. The third-order valence-electron chi connectivity index (χ3n) is 22.5. The molecule has 492 valence electrons. The van der Waals surface area contributed by atoms with Crippen molar-refractivity contribution in [2.24, 2.45) is 5.41 Å². The first kappa shape index (κ1) is 63.0. The molecule has 3 heterocycles. The summed E-state index contributed by atoms with van der Waals surface area (Å²) in [6, 6.07) is 99.9. The molecule has 101 heavy (non-hydrogen) atoms. The van der Waals surface area contributed by atoms with E-state index in [2.05, 4.69) is 108 Å². The van der Waals surface area contributed by atoms with Gasteiger partial charge in [-0.1, -0.05) is 260 Å². The summed E-state index contributed by atoms with van der Waals surface area (Å²) in [5.41, 5.74) is 10.9. The third kappa shape index (κ3) is 9.32. The largest absolute Gasteiger partial charge is 0.308 e. The van der Waals surface area contributed by atoms with Gasteiger partial charge in [0.25, 0.3) is 11.8 Å². The van der Waals surface area contributed by atoms with Crippen molar-refractivity contribution in [2.75, 3.05) is 14.7 Å². The number of rotatable bonds is 9. The smallest absolute Gasteiger partial charge is 0.286 e. The first-order valence-electron chi connectivity index (χ1n) is 34.6. The minimum Gasteiger partial charge on any atom is -0.308 e. The van der Waals surface area contributed by atoms with Crippen LogP contribution >= 0.6 is 0 Å². The number of anilines is 9. The molecule has 13 aromatic rings. The summed E-state index contributed by atoms with van der Waals surface area (Å²) in [6.07, 6.45) is 0. The second kappa shape index (κ2) is 22.8. The Morgan fingerprint density at radius 1 is 0.248 bits per heavy atom. The van der Waals surface area contributed by atoms with Crippen molar-refractivity contribution < 1.29 is 17.6 Å². The first-order chi connectivity index (χ1) is 48.6. The maximum atomic E-state index is 20.2. The molecular formula is C93H72F4N4. The van der Waals surface area contributed by atoms with E-state index in [0.29, 0.717) is 34.1 Å². The van der Waals surface area contributed by atoms with Crippen molar-refractivity contribution in [3.05, 3.63) is 341 Å². The van der Waals surface area contributed by atoms with Gasteiger partial charge in [0.05, 0.1) is 62.3 Å². The lowest BCUT2D eigenvalue weighted by Crippen LogP contribution is -2.40. The van der Waals surface area contributed by atoms with E-state index < -0.39 is 44.6 Å². The highest BCUT2D eigenvalue weighted by Crippen LogP contribution is 2.74. The average Bonchev–Trinajstić information content (AvgIpc) is 1.55. The number of benzene rings is 13. The first-order valence-corrected chi connectivity index (χ1v) is 34.6.